The lowest BCUT2D eigenvalue weighted by atomic mass is 9.68. The zero-order chi connectivity index (χ0) is 19.4. The average molecular weight is 378 g/mol. The zero-order valence-corrected chi connectivity index (χ0v) is 13.1. The molecular formula is C14H16F6O5. The molecule has 25 heavy (non-hydrogen) atoms. The molecule has 2 rings (SSSR count). The molecule has 4 unspecified atom stereocenters. The van der Waals surface area contributed by atoms with Crippen LogP contribution in [0.25, 0.3) is 0 Å². The van der Waals surface area contributed by atoms with Crippen LogP contribution < -0.4 is 0 Å². The van der Waals surface area contributed by atoms with Gasteiger partial charge in [-0.15, -0.1) is 0 Å². The smallest absolute Gasteiger partial charge is 0.434 e. The molecule has 0 spiro atoms. The highest BCUT2D eigenvalue weighted by Gasteiger charge is 2.63. The number of fused-ring (bicyclic) bond motifs is 2. The first-order valence-electron chi connectivity index (χ1n) is 7.40. The third-order valence-corrected chi connectivity index (χ3v) is 4.82. The molecule has 0 amide bonds. The summed E-state index contributed by atoms with van der Waals surface area (Å²) < 4.78 is 84.0. The van der Waals surface area contributed by atoms with E-state index in [0.29, 0.717) is 6.42 Å². The maximum Gasteiger partial charge on any atom is 0.434 e. The van der Waals surface area contributed by atoms with Crippen LogP contribution in [0.4, 0.5) is 26.3 Å². The second-order valence-electron chi connectivity index (χ2n) is 6.80. The maximum atomic E-state index is 12.6. The summed E-state index contributed by atoms with van der Waals surface area (Å²) in [6.07, 6.45) is -17.6. The second kappa shape index (κ2) is 6.03. The van der Waals surface area contributed by atoms with Crippen LogP contribution >= 0.6 is 0 Å². The number of halogens is 6. The van der Waals surface area contributed by atoms with E-state index in [1.165, 1.54) is 13.8 Å². The van der Waals surface area contributed by atoms with E-state index in [4.69, 9.17) is 4.74 Å². The molecule has 5 nitrogen and oxygen atoms in total. The largest absolute Gasteiger partial charge is 0.459 e. The molecular weight excluding hydrogens is 362 g/mol. The second-order valence-corrected chi connectivity index (χ2v) is 6.80. The van der Waals surface area contributed by atoms with Gasteiger partial charge in [-0.25, -0.2) is 0 Å². The minimum absolute atomic E-state index is 0.288. The molecule has 1 aliphatic carbocycles. The van der Waals surface area contributed by atoms with E-state index in [9.17, 15) is 41.0 Å². The Bertz CT molecular complexity index is 541. The molecule has 0 aromatic rings. The minimum atomic E-state index is -5.88. The monoisotopic (exact) mass is 378 g/mol. The molecule has 144 valence electrons. The van der Waals surface area contributed by atoms with Gasteiger partial charge >= 0.3 is 24.3 Å². The predicted molar refractivity (Wildman–Crippen MR) is 67.9 cm³/mol. The van der Waals surface area contributed by atoms with E-state index in [1.807, 2.05) is 0 Å². The van der Waals surface area contributed by atoms with Gasteiger partial charge in [0.1, 0.15) is 6.10 Å². The van der Waals surface area contributed by atoms with Crippen molar-refractivity contribution in [2.75, 3.05) is 0 Å². The summed E-state index contributed by atoms with van der Waals surface area (Å²) in [6.45, 7) is 2.61. The Morgan fingerprint density at radius 2 is 1.72 bits per heavy atom. The number of ether oxygens (including phenoxy) is 2. The summed E-state index contributed by atoms with van der Waals surface area (Å²) in [5, 5.41) is 10.1. The number of carbonyl (C=O) groups excluding carboxylic acids is 2. The summed E-state index contributed by atoms with van der Waals surface area (Å²) in [5.74, 6) is -6.00. The van der Waals surface area contributed by atoms with Crippen molar-refractivity contribution < 1.29 is 50.5 Å². The number of hydrogen-bond acceptors (Lipinski definition) is 5. The molecule has 2 fully saturated rings. The molecule has 0 aromatic heterocycles. The van der Waals surface area contributed by atoms with Crippen molar-refractivity contribution in [3.8, 4) is 0 Å². The van der Waals surface area contributed by atoms with E-state index in [0.717, 1.165) is 0 Å². The van der Waals surface area contributed by atoms with Crippen molar-refractivity contribution >= 4 is 11.9 Å². The van der Waals surface area contributed by atoms with Crippen LogP contribution in [0.5, 0.6) is 0 Å². The minimum Gasteiger partial charge on any atom is -0.459 e. The van der Waals surface area contributed by atoms with E-state index in [-0.39, 0.29) is 6.42 Å². The van der Waals surface area contributed by atoms with E-state index in [1.54, 1.807) is 0 Å². The van der Waals surface area contributed by atoms with Gasteiger partial charge in [0, 0.05) is 0 Å². The highest BCUT2D eigenvalue weighted by Crippen LogP contribution is 2.49. The van der Waals surface area contributed by atoms with Crippen LogP contribution in [0.3, 0.4) is 0 Å². The number of carbonyl (C=O) groups is 2. The van der Waals surface area contributed by atoms with Gasteiger partial charge in [-0.2, -0.15) is 26.3 Å². The number of hydrogen-bond donors (Lipinski definition) is 1. The fourth-order valence-corrected chi connectivity index (χ4v) is 3.52. The molecule has 2 bridgehead atoms. The quantitative estimate of drug-likeness (QED) is 0.454. The Morgan fingerprint density at radius 1 is 1.20 bits per heavy atom. The lowest BCUT2D eigenvalue weighted by molar-refractivity contribution is -0.315. The Hall–Kier alpha value is -1.52. The third kappa shape index (κ3) is 3.56. The Labute approximate surface area is 138 Å². The fourth-order valence-electron chi connectivity index (χ4n) is 3.52. The summed E-state index contributed by atoms with van der Waals surface area (Å²) in [7, 11) is 0. The third-order valence-electron chi connectivity index (χ3n) is 4.82. The van der Waals surface area contributed by atoms with Gasteiger partial charge in [-0.05, 0) is 24.2 Å². The summed E-state index contributed by atoms with van der Waals surface area (Å²) >= 11 is 0. The van der Waals surface area contributed by atoms with Crippen LogP contribution in [0.2, 0.25) is 0 Å². The molecule has 1 saturated heterocycles. The lowest BCUT2D eigenvalue weighted by Crippen LogP contribution is -2.50. The number of alkyl halides is 6. The number of rotatable bonds is 2. The Balaban J connectivity index is 2.32. The molecule has 1 N–H and O–H groups in total. The molecule has 0 aromatic carbocycles. The van der Waals surface area contributed by atoms with E-state index in [2.05, 4.69) is 4.74 Å². The number of esters is 2. The Morgan fingerprint density at radius 3 is 2.20 bits per heavy atom. The first kappa shape index (κ1) is 19.8. The van der Waals surface area contributed by atoms with Gasteiger partial charge in [0.2, 0.25) is 0 Å². The van der Waals surface area contributed by atoms with Crippen LogP contribution in [0.1, 0.15) is 26.7 Å². The van der Waals surface area contributed by atoms with Gasteiger partial charge in [0.25, 0.3) is 6.10 Å². The Kier molecular flexibility index (Phi) is 4.77. The molecule has 11 heteroatoms. The first-order valence-corrected chi connectivity index (χ1v) is 7.40. The standard InChI is InChI=1S/C14H16F6O5/c1-12(2)5-3-4-6(8(5)21)24-9(22)7(12)10(23)25-11(13(15,16)17)14(18,19)20/h5-8,11,21H,3-4H2,1-2H3. The molecule has 1 heterocycles. The SMILES string of the molecule is CC1(C)C(C(=O)OC(C(F)(F)F)C(F)(F)F)C(=O)OC2CCC1C2O. The predicted octanol–water partition coefficient (Wildman–Crippen LogP) is 2.36. The van der Waals surface area contributed by atoms with Crippen molar-refractivity contribution in [3.63, 3.8) is 0 Å². The van der Waals surface area contributed by atoms with Gasteiger partial charge in [0.05, 0.1) is 6.10 Å². The van der Waals surface area contributed by atoms with Crippen molar-refractivity contribution in [3.05, 3.63) is 0 Å². The highest BCUT2D eigenvalue weighted by molar-refractivity contribution is 5.96. The number of aliphatic hydroxyl groups is 1. The normalized spacial score (nSPS) is 32.3. The first-order chi connectivity index (χ1) is 11.2. The average Bonchev–Trinajstić information content (AvgIpc) is 2.72. The van der Waals surface area contributed by atoms with Crippen LogP contribution in [0.15, 0.2) is 0 Å². The molecule has 1 saturated carbocycles. The van der Waals surface area contributed by atoms with Crippen molar-refractivity contribution in [2.24, 2.45) is 17.3 Å². The van der Waals surface area contributed by atoms with Crippen LogP contribution in [0, 0.1) is 17.3 Å². The van der Waals surface area contributed by atoms with Gasteiger partial charge in [-0.3, -0.25) is 9.59 Å². The van der Waals surface area contributed by atoms with Gasteiger partial charge in [0.15, 0.2) is 5.92 Å². The lowest BCUT2D eigenvalue weighted by Gasteiger charge is -2.36. The summed E-state index contributed by atoms with van der Waals surface area (Å²) in [5.41, 5.74) is -1.44. The summed E-state index contributed by atoms with van der Waals surface area (Å²) in [6, 6.07) is 0. The molecule has 2 aliphatic rings. The van der Waals surface area contributed by atoms with Crippen LogP contribution in [-0.2, 0) is 19.1 Å². The van der Waals surface area contributed by atoms with E-state index >= 15 is 0 Å². The topological polar surface area (TPSA) is 72.8 Å². The van der Waals surface area contributed by atoms with Crippen molar-refractivity contribution in [1.29, 1.82) is 0 Å². The van der Waals surface area contributed by atoms with Crippen molar-refractivity contribution in [1.82, 2.24) is 0 Å². The molecule has 1 aliphatic heterocycles. The van der Waals surface area contributed by atoms with Crippen molar-refractivity contribution in [2.45, 2.75) is 57.4 Å². The number of aliphatic hydroxyl groups excluding tert-OH is 1. The van der Waals surface area contributed by atoms with E-state index < -0.39 is 59.9 Å². The van der Waals surface area contributed by atoms with Gasteiger partial charge < -0.3 is 14.6 Å². The maximum absolute atomic E-state index is 12.6. The van der Waals surface area contributed by atoms with Crippen LogP contribution in [-0.4, -0.2) is 47.7 Å². The molecule has 4 atom stereocenters. The highest BCUT2D eigenvalue weighted by atomic mass is 19.4. The zero-order valence-electron chi connectivity index (χ0n) is 13.1. The van der Waals surface area contributed by atoms with Gasteiger partial charge in [-0.1, -0.05) is 13.8 Å². The molecule has 0 radical (unpaired) electrons. The summed E-state index contributed by atoms with van der Waals surface area (Å²) in [4.78, 5) is 24.1. The fraction of sp³-hybridized carbons (Fsp3) is 0.857.